The van der Waals surface area contributed by atoms with Gasteiger partial charge in [-0.25, -0.2) is 0 Å². The second kappa shape index (κ2) is 8.60. The second-order valence-electron chi connectivity index (χ2n) is 6.76. The maximum Gasteiger partial charge on any atom is 0.104 e. The Morgan fingerprint density at radius 1 is 0.692 bits per heavy atom. The molecule has 2 saturated heterocycles. The molecule has 136 valence electrons. The van der Waals surface area contributed by atoms with Crippen LogP contribution in [-0.2, 0) is 32.2 Å². The van der Waals surface area contributed by atoms with E-state index in [0.717, 1.165) is 13.2 Å². The molecule has 2 fully saturated rings. The van der Waals surface area contributed by atoms with Gasteiger partial charge in [-0.1, -0.05) is 60.7 Å². The van der Waals surface area contributed by atoms with Crippen LogP contribution in [0.2, 0.25) is 0 Å². The quantitative estimate of drug-likeness (QED) is 0.483. The van der Waals surface area contributed by atoms with E-state index < -0.39 is 0 Å². The fourth-order valence-corrected chi connectivity index (χ4v) is 2.59. The van der Waals surface area contributed by atoms with Gasteiger partial charge in [0.2, 0.25) is 0 Å². The van der Waals surface area contributed by atoms with Gasteiger partial charge in [0.05, 0.1) is 39.6 Å². The molecule has 4 heteroatoms. The Kier molecular flexibility index (Phi) is 5.77. The summed E-state index contributed by atoms with van der Waals surface area (Å²) in [5.74, 6) is 0. The van der Waals surface area contributed by atoms with Crippen LogP contribution in [0.3, 0.4) is 0 Å². The summed E-state index contributed by atoms with van der Waals surface area (Å²) < 4.78 is 21.5. The minimum absolute atomic E-state index is 0.322. The summed E-state index contributed by atoms with van der Waals surface area (Å²) in [6, 6.07) is 16.9. The molecule has 2 aromatic rings. The number of benzene rings is 2. The van der Waals surface area contributed by atoms with Crippen molar-refractivity contribution < 1.29 is 18.9 Å². The first-order valence-corrected chi connectivity index (χ1v) is 9.10. The topological polar surface area (TPSA) is 43.5 Å². The number of hydrogen-bond acceptors (Lipinski definition) is 4. The highest BCUT2D eigenvalue weighted by Gasteiger charge is 2.22. The van der Waals surface area contributed by atoms with Gasteiger partial charge in [0.15, 0.2) is 0 Å². The van der Waals surface area contributed by atoms with Gasteiger partial charge in [0, 0.05) is 0 Å². The van der Waals surface area contributed by atoms with E-state index >= 15 is 0 Å². The molecule has 0 spiro atoms. The van der Waals surface area contributed by atoms with E-state index in [4.69, 9.17) is 18.9 Å². The zero-order valence-corrected chi connectivity index (χ0v) is 14.8. The minimum atomic E-state index is 0.322. The van der Waals surface area contributed by atoms with Crippen molar-refractivity contribution in [3.63, 3.8) is 0 Å². The van der Waals surface area contributed by atoms with E-state index in [1.165, 1.54) is 22.3 Å². The molecular formula is C22H24O4. The molecule has 0 N–H and O–H groups in total. The van der Waals surface area contributed by atoms with Crippen molar-refractivity contribution in [2.45, 2.75) is 25.4 Å². The average molecular weight is 352 g/mol. The Bertz CT molecular complexity index is 649. The van der Waals surface area contributed by atoms with Crippen LogP contribution in [0.15, 0.2) is 48.5 Å². The Morgan fingerprint density at radius 3 is 1.42 bits per heavy atom. The van der Waals surface area contributed by atoms with Crippen molar-refractivity contribution in [1.29, 1.82) is 0 Å². The molecule has 2 aromatic carbocycles. The normalized spacial score (nSPS) is 21.2. The predicted octanol–water partition coefficient (Wildman–Crippen LogP) is 3.69. The van der Waals surface area contributed by atoms with Gasteiger partial charge in [-0.15, -0.1) is 0 Å². The number of ether oxygens (including phenoxy) is 4. The molecule has 0 bridgehead atoms. The molecule has 0 radical (unpaired) electrons. The molecule has 2 aliphatic heterocycles. The van der Waals surface area contributed by atoms with Gasteiger partial charge in [0.25, 0.3) is 0 Å². The summed E-state index contributed by atoms with van der Waals surface area (Å²) in [6.07, 6.45) is 4.89. The van der Waals surface area contributed by atoms with E-state index in [0.29, 0.717) is 38.6 Å². The first-order valence-electron chi connectivity index (χ1n) is 9.10. The van der Waals surface area contributed by atoms with Crippen molar-refractivity contribution in [2.75, 3.05) is 26.4 Å². The van der Waals surface area contributed by atoms with Crippen molar-refractivity contribution >= 4 is 12.2 Å². The zero-order valence-electron chi connectivity index (χ0n) is 14.8. The van der Waals surface area contributed by atoms with E-state index in [-0.39, 0.29) is 0 Å². The standard InChI is InChI=1S/C22H24O4/c1(17-3-7-19(8-4-17)11-23-13-21-15-25-21)2-18-5-9-20(10-6-18)12-24-14-22-16-26-22/h1-10,21-22H,11-16H2/b2-1+. The average Bonchev–Trinajstić information content (AvgIpc) is 3.58. The highest BCUT2D eigenvalue weighted by atomic mass is 16.6. The maximum atomic E-state index is 5.61. The Hall–Kier alpha value is -1.98. The lowest BCUT2D eigenvalue weighted by Crippen LogP contribution is -2.01. The molecule has 0 aliphatic carbocycles. The van der Waals surface area contributed by atoms with Gasteiger partial charge in [0.1, 0.15) is 12.2 Å². The third kappa shape index (κ3) is 5.78. The van der Waals surface area contributed by atoms with Crippen LogP contribution in [0.4, 0.5) is 0 Å². The Labute approximate surface area is 154 Å². The first kappa shape index (κ1) is 17.4. The summed E-state index contributed by atoms with van der Waals surface area (Å²) >= 11 is 0. The van der Waals surface area contributed by atoms with Crippen molar-refractivity contribution in [3.05, 3.63) is 70.8 Å². The first-order chi connectivity index (χ1) is 12.8. The third-order valence-electron chi connectivity index (χ3n) is 4.38. The second-order valence-corrected chi connectivity index (χ2v) is 6.76. The smallest absolute Gasteiger partial charge is 0.104 e. The summed E-state index contributed by atoms with van der Waals surface area (Å²) in [6.45, 7) is 4.34. The lowest BCUT2D eigenvalue weighted by atomic mass is 10.1. The molecule has 2 heterocycles. The number of hydrogen-bond donors (Lipinski definition) is 0. The van der Waals surface area contributed by atoms with Crippen LogP contribution < -0.4 is 0 Å². The van der Waals surface area contributed by atoms with Crippen LogP contribution in [0.1, 0.15) is 22.3 Å². The summed E-state index contributed by atoms with van der Waals surface area (Å²) in [7, 11) is 0. The zero-order chi connectivity index (χ0) is 17.6. The molecule has 2 atom stereocenters. The van der Waals surface area contributed by atoms with E-state index in [1.54, 1.807) is 0 Å². The largest absolute Gasteiger partial charge is 0.374 e. The van der Waals surface area contributed by atoms with E-state index in [9.17, 15) is 0 Å². The Balaban J connectivity index is 1.23. The fraction of sp³-hybridized carbons (Fsp3) is 0.364. The lowest BCUT2D eigenvalue weighted by Gasteiger charge is -2.04. The van der Waals surface area contributed by atoms with Gasteiger partial charge in [-0.3, -0.25) is 0 Å². The van der Waals surface area contributed by atoms with Crippen LogP contribution >= 0.6 is 0 Å². The molecule has 2 aliphatic rings. The van der Waals surface area contributed by atoms with Gasteiger partial charge >= 0.3 is 0 Å². The SMILES string of the molecule is C(=C\c1ccc(COCC2CO2)cc1)/c1ccc(COCC2CO2)cc1. The van der Waals surface area contributed by atoms with Crippen LogP contribution in [0.5, 0.6) is 0 Å². The van der Waals surface area contributed by atoms with Crippen LogP contribution in [-0.4, -0.2) is 38.6 Å². The lowest BCUT2D eigenvalue weighted by molar-refractivity contribution is 0.104. The molecule has 2 unspecified atom stereocenters. The molecule has 26 heavy (non-hydrogen) atoms. The minimum Gasteiger partial charge on any atom is -0.374 e. The highest BCUT2D eigenvalue weighted by molar-refractivity contribution is 5.69. The van der Waals surface area contributed by atoms with Crippen LogP contribution in [0.25, 0.3) is 12.2 Å². The van der Waals surface area contributed by atoms with Gasteiger partial charge < -0.3 is 18.9 Å². The third-order valence-corrected chi connectivity index (χ3v) is 4.38. The van der Waals surface area contributed by atoms with Crippen molar-refractivity contribution in [2.24, 2.45) is 0 Å². The van der Waals surface area contributed by atoms with E-state index in [1.807, 2.05) is 0 Å². The van der Waals surface area contributed by atoms with E-state index in [2.05, 4.69) is 60.7 Å². The van der Waals surface area contributed by atoms with Crippen molar-refractivity contribution in [1.82, 2.24) is 0 Å². The maximum absolute atomic E-state index is 5.61. The summed E-state index contributed by atoms with van der Waals surface area (Å²) in [5, 5.41) is 0. The number of rotatable bonds is 10. The monoisotopic (exact) mass is 352 g/mol. The predicted molar refractivity (Wildman–Crippen MR) is 101 cm³/mol. The van der Waals surface area contributed by atoms with Gasteiger partial charge in [-0.05, 0) is 22.3 Å². The Morgan fingerprint density at radius 2 is 1.08 bits per heavy atom. The molecule has 0 aromatic heterocycles. The summed E-state index contributed by atoms with van der Waals surface area (Å²) in [5.41, 5.74) is 4.72. The molecule has 0 saturated carbocycles. The highest BCUT2D eigenvalue weighted by Crippen LogP contribution is 2.14. The molecule has 4 rings (SSSR count). The molecule has 4 nitrogen and oxygen atoms in total. The molecule has 0 amide bonds. The number of epoxide rings is 2. The van der Waals surface area contributed by atoms with Crippen LogP contribution in [0, 0.1) is 0 Å². The summed E-state index contributed by atoms with van der Waals surface area (Å²) in [4.78, 5) is 0. The molecular weight excluding hydrogens is 328 g/mol. The fourth-order valence-electron chi connectivity index (χ4n) is 2.59. The van der Waals surface area contributed by atoms with Gasteiger partial charge in [-0.2, -0.15) is 0 Å². The van der Waals surface area contributed by atoms with Crippen molar-refractivity contribution in [3.8, 4) is 0 Å².